The number of hydrogen-bond donors (Lipinski definition) is 0. The first-order valence-electron chi connectivity index (χ1n) is 9.07. The maximum atomic E-state index is 2.44. The van der Waals surface area contributed by atoms with Crippen LogP contribution in [0.2, 0.25) is 0 Å². The quantitative estimate of drug-likeness (QED) is 0.559. The van der Waals surface area contributed by atoms with Gasteiger partial charge in [0.2, 0.25) is 0 Å². The van der Waals surface area contributed by atoms with Crippen LogP contribution in [0, 0.1) is 5.41 Å². The van der Waals surface area contributed by atoms with E-state index >= 15 is 0 Å². The summed E-state index contributed by atoms with van der Waals surface area (Å²) in [6.45, 7) is 0. The summed E-state index contributed by atoms with van der Waals surface area (Å²) in [5.74, 6) is 0. The fourth-order valence-electron chi connectivity index (χ4n) is 5.09. The highest BCUT2D eigenvalue weighted by Gasteiger charge is 2.44. The van der Waals surface area contributed by atoms with Crippen molar-refractivity contribution in [3.05, 3.63) is 112 Å². The molecule has 25 heavy (non-hydrogen) atoms. The van der Waals surface area contributed by atoms with Gasteiger partial charge in [-0.05, 0) is 63.5 Å². The largest absolute Gasteiger partial charge is 0.0824 e. The molecule has 0 N–H and O–H groups in total. The number of hydrogen-bond acceptors (Lipinski definition) is 0. The van der Waals surface area contributed by atoms with Crippen molar-refractivity contribution in [3.8, 4) is 0 Å². The summed E-state index contributed by atoms with van der Waals surface area (Å²) in [6.07, 6.45) is 16.3. The average molecular weight is 318 g/mol. The molecule has 0 amide bonds. The summed E-state index contributed by atoms with van der Waals surface area (Å²) in [6, 6.07) is 17.7. The van der Waals surface area contributed by atoms with Gasteiger partial charge in [-0.25, -0.2) is 0 Å². The molecule has 0 fully saturated rings. The zero-order valence-electron chi connectivity index (χ0n) is 14.0. The third kappa shape index (κ3) is 1.62. The summed E-state index contributed by atoms with van der Waals surface area (Å²) in [5.41, 5.74) is 11.6. The molecule has 6 rings (SSSR count). The Labute approximate surface area is 148 Å². The second kappa shape index (κ2) is 4.61. The molecule has 1 atom stereocenters. The van der Waals surface area contributed by atoms with Crippen molar-refractivity contribution in [1.29, 1.82) is 0 Å². The fourth-order valence-corrected chi connectivity index (χ4v) is 5.09. The molecule has 118 valence electrons. The zero-order valence-corrected chi connectivity index (χ0v) is 14.0. The Morgan fingerprint density at radius 1 is 0.880 bits per heavy atom. The van der Waals surface area contributed by atoms with Crippen LogP contribution in [0.5, 0.6) is 0 Å². The van der Waals surface area contributed by atoms with Crippen molar-refractivity contribution in [2.45, 2.75) is 12.8 Å². The van der Waals surface area contributed by atoms with Crippen LogP contribution >= 0.6 is 0 Å². The second-order valence-electron chi connectivity index (χ2n) is 7.39. The van der Waals surface area contributed by atoms with Gasteiger partial charge < -0.3 is 0 Å². The standard InChI is InChI=1S/C25H18/c1-3-9-19-17(7-1)15-23-21(19)11-5-13-25(23)14-6-12-22-20-10-4-2-8-18(20)16-24(22)25/h1-13,15H,14,16H2. The summed E-state index contributed by atoms with van der Waals surface area (Å²) < 4.78 is 0. The lowest BCUT2D eigenvalue weighted by molar-refractivity contribution is 0.561. The van der Waals surface area contributed by atoms with E-state index in [1.807, 2.05) is 0 Å². The number of fused-ring (bicyclic) bond motifs is 7. The van der Waals surface area contributed by atoms with Crippen LogP contribution in [0.1, 0.15) is 28.7 Å². The van der Waals surface area contributed by atoms with Crippen molar-refractivity contribution in [2.75, 3.05) is 0 Å². The molecule has 0 saturated carbocycles. The monoisotopic (exact) mass is 318 g/mol. The molecule has 0 aliphatic heterocycles. The van der Waals surface area contributed by atoms with E-state index in [0.29, 0.717) is 0 Å². The third-order valence-electron chi connectivity index (χ3n) is 6.23. The van der Waals surface area contributed by atoms with Gasteiger partial charge in [0, 0.05) is 5.41 Å². The van der Waals surface area contributed by atoms with E-state index in [2.05, 4.69) is 85.0 Å². The van der Waals surface area contributed by atoms with Crippen LogP contribution in [0.15, 0.2) is 90.1 Å². The zero-order chi connectivity index (χ0) is 16.4. The Morgan fingerprint density at radius 3 is 2.68 bits per heavy atom. The minimum atomic E-state index is 0.0200. The summed E-state index contributed by atoms with van der Waals surface area (Å²) in [4.78, 5) is 0. The van der Waals surface area contributed by atoms with Crippen LogP contribution in [0.4, 0.5) is 0 Å². The van der Waals surface area contributed by atoms with Gasteiger partial charge >= 0.3 is 0 Å². The highest BCUT2D eigenvalue weighted by Crippen LogP contribution is 2.58. The van der Waals surface area contributed by atoms with E-state index < -0.39 is 0 Å². The Balaban J connectivity index is 1.58. The molecule has 0 nitrogen and oxygen atoms in total. The Morgan fingerprint density at radius 2 is 1.72 bits per heavy atom. The molecule has 2 aromatic carbocycles. The van der Waals surface area contributed by atoms with Crippen LogP contribution < -0.4 is 0 Å². The maximum Gasteiger partial charge on any atom is 0.0397 e. The van der Waals surface area contributed by atoms with Gasteiger partial charge in [0.25, 0.3) is 0 Å². The minimum absolute atomic E-state index is 0.0200. The van der Waals surface area contributed by atoms with E-state index in [1.54, 1.807) is 5.57 Å². The molecule has 0 saturated heterocycles. The van der Waals surface area contributed by atoms with Crippen molar-refractivity contribution in [3.63, 3.8) is 0 Å². The summed E-state index contributed by atoms with van der Waals surface area (Å²) in [5, 5.41) is 0. The first-order valence-corrected chi connectivity index (χ1v) is 9.07. The van der Waals surface area contributed by atoms with Crippen LogP contribution in [-0.2, 0) is 6.42 Å². The Kier molecular flexibility index (Phi) is 2.48. The molecule has 0 heterocycles. The molecule has 1 spiro atoms. The number of allylic oxidation sites excluding steroid dienone is 9. The molecular formula is C25H18. The van der Waals surface area contributed by atoms with Gasteiger partial charge in [0.05, 0.1) is 0 Å². The van der Waals surface area contributed by atoms with Crippen molar-refractivity contribution in [1.82, 2.24) is 0 Å². The van der Waals surface area contributed by atoms with Crippen molar-refractivity contribution in [2.24, 2.45) is 5.41 Å². The third-order valence-corrected chi connectivity index (χ3v) is 6.23. The summed E-state index contributed by atoms with van der Waals surface area (Å²) in [7, 11) is 0. The number of rotatable bonds is 0. The highest BCUT2D eigenvalue weighted by molar-refractivity contribution is 6.00. The Hall–Kier alpha value is -2.86. The molecular weight excluding hydrogens is 300 g/mol. The van der Waals surface area contributed by atoms with Gasteiger partial charge in [-0.2, -0.15) is 0 Å². The minimum Gasteiger partial charge on any atom is -0.0824 e. The fraction of sp³-hybridized carbons (Fsp3) is 0.120. The van der Waals surface area contributed by atoms with Crippen LogP contribution in [-0.4, -0.2) is 0 Å². The first-order chi connectivity index (χ1) is 12.4. The molecule has 1 unspecified atom stereocenters. The lowest BCUT2D eigenvalue weighted by Crippen LogP contribution is -2.27. The lowest BCUT2D eigenvalue weighted by Gasteiger charge is -2.38. The van der Waals surface area contributed by atoms with E-state index in [1.165, 1.54) is 39.0 Å². The lowest BCUT2D eigenvalue weighted by atomic mass is 9.64. The topological polar surface area (TPSA) is 0 Å². The van der Waals surface area contributed by atoms with Gasteiger partial charge in [0.15, 0.2) is 0 Å². The van der Waals surface area contributed by atoms with Gasteiger partial charge in [-0.15, -0.1) is 0 Å². The van der Waals surface area contributed by atoms with Crippen molar-refractivity contribution < 1.29 is 0 Å². The SMILES string of the molecule is C1=CC2(CC=CC3=C2Cc2ccccc23)C2=Cc3ccccc3C2=C1. The van der Waals surface area contributed by atoms with Crippen LogP contribution in [0.25, 0.3) is 17.2 Å². The normalized spacial score (nSPS) is 24.6. The van der Waals surface area contributed by atoms with Gasteiger partial charge in [0.1, 0.15) is 0 Å². The highest BCUT2D eigenvalue weighted by atomic mass is 14.5. The molecule has 2 aromatic rings. The van der Waals surface area contributed by atoms with E-state index in [-0.39, 0.29) is 5.41 Å². The predicted octanol–water partition coefficient (Wildman–Crippen LogP) is 5.99. The molecule has 0 radical (unpaired) electrons. The number of benzene rings is 2. The van der Waals surface area contributed by atoms with E-state index in [4.69, 9.17) is 0 Å². The van der Waals surface area contributed by atoms with E-state index in [9.17, 15) is 0 Å². The van der Waals surface area contributed by atoms with Crippen molar-refractivity contribution >= 4 is 17.2 Å². The van der Waals surface area contributed by atoms with E-state index in [0.717, 1.165) is 12.8 Å². The molecule has 4 aliphatic carbocycles. The van der Waals surface area contributed by atoms with Gasteiger partial charge in [-0.1, -0.05) is 78.9 Å². The maximum absolute atomic E-state index is 2.44. The first kappa shape index (κ1) is 13.4. The molecule has 0 heteroatoms. The Bertz CT molecular complexity index is 1080. The van der Waals surface area contributed by atoms with Crippen LogP contribution in [0.3, 0.4) is 0 Å². The van der Waals surface area contributed by atoms with Gasteiger partial charge in [-0.3, -0.25) is 0 Å². The second-order valence-corrected chi connectivity index (χ2v) is 7.39. The molecule has 0 bridgehead atoms. The predicted molar refractivity (Wildman–Crippen MR) is 105 cm³/mol. The average Bonchev–Trinajstić information content (AvgIpc) is 3.23. The molecule has 0 aromatic heterocycles. The smallest absolute Gasteiger partial charge is 0.0397 e. The molecule has 4 aliphatic rings. The summed E-state index contributed by atoms with van der Waals surface area (Å²) >= 11 is 0.